The van der Waals surface area contributed by atoms with Gasteiger partial charge in [-0.25, -0.2) is 0 Å². The maximum atomic E-state index is 12.5. The molecule has 0 saturated carbocycles. The maximum absolute atomic E-state index is 12.5. The van der Waals surface area contributed by atoms with Gasteiger partial charge in [0.1, 0.15) is 0 Å². The molecule has 0 aliphatic heterocycles. The molecule has 0 aromatic rings. The lowest BCUT2D eigenvalue weighted by Crippen LogP contribution is -2.45. The molecule has 0 rings (SSSR count). The highest BCUT2D eigenvalue weighted by Crippen LogP contribution is 2.16. The number of aliphatic hydroxyl groups is 2. The van der Waals surface area contributed by atoms with Gasteiger partial charge >= 0.3 is 5.97 Å². The molecule has 3 N–H and O–H groups in total. The fraction of sp³-hybridized carbons (Fsp3) is 0.825. The van der Waals surface area contributed by atoms with Gasteiger partial charge in [-0.15, -0.1) is 0 Å². The third-order valence-electron chi connectivity index (χ3n) is 12.3. The van der Waals surface area contributed by atoms with Gasteiger partial charge in [-0.2, -0.15) is 0 Å². The molecule has 6 nitrogen and oxygen atoms in total. The second-order valence-electron chi connectivity index (χ2n) is 18.5. The minimum atomic E-state index is -0.869. The predicted octanol–water partition coefficient (Wildman–Crippen LogP) is 16.6. The lowest BCUT2D eigenvalue weighted by atomic mass is 10.0. The first kappa shape index (κ1) is 60.8. The zero-order chi connectivity index (χ0) is 45.8. The molecule has 0 aromatic carbocycles. The van der Waals surface area contributed by atoms with Crippen LogP contribution in [0.3, 0.4) is 0 Å². The van der Waals surface area contributed by atoms with Gasteiger partial charge in [-0.05, 0) is 83.5 Å². The summed E-state index contributed by atoms with van der Waals surface area (Å²) < 4.78 is 5.42. The van der Waals surface area contributed by atoms with Crippen molar-refractivity contribution in [1.82, 2.24) is 5.32 Å². The first-order valence-electron chi connectivity index (χ1n) is 27.4. The molecule has 0 radical (unpaired) electrons. The van der Waals surface area contributed by atoms with Gasteiger partial charge in [0.25, 0.3) is 0 Å². The fourth-order valence-electron chi connectivity index (χ4n) is 8.08. The Morgan fingerprint density at radius 1 is 0.444 bits per heavy atom. The van der Waals surface area contributed by atoms with Crippen LogP contribution in [-0.2, 0) is 14.3 Å². The number of nitrogens with one attached hydrogen (secondary N) is 1. The zero-order valence-corrected chi connectivity index (χ0v) is 41.8. The van der Waals surface area contributed by atoms with Gasteiger partial charge in [0.15, 0.2) is 0 Å². The average Bonchev–Trinajstić information content (AvgIpc) is 3.28. The van der Waals surface area contributed by atoms with Crippen LogP contribution in [0.15, 0.2) is 48.6 Å². The van der Waals surface area contributed by atoms with E-state index in [9.17, 15) is 19.8 Å². The van der Waals surface area contributed by atoms with Crippen LogP contribution < -0.4 is 5.32 Å². The van der Waals surface area contributed by atoms with Gasteiger partial charge in [-0.3, -0.25) is 9.59 Å². The first-order chi connectivity index (χ1) is 31.0. The van der Waals surface area contributed by atoms with Gasteiger partial charge in [0.05, 0.1) is 25.4 Å². The topological polar surface area (TPSA) is 95.9 Å². The molecule has 0 fully saturated rings. The van der Waals surface area contributed by atoms with E-state index >= 15 is 0 Å². The number of allylic oxidation sites excluding steroid dienone is 7. The van der Waals surface area contributed by atoms with E-state index in [2.05, 4.69) is 55.6 Å². The van der Waals surface area contributed by atoms with Crippen LogP contribution in [0.25, 0.3) is 0 Å². The van der Waals surface area contributed by atoms with Crippen molar-refractivity contribution in [1.29, 1.82) is 0 Å². The molecule has 0 spiro atoms. The number of ether oxygens (including phenoxy) is 1. The van der Waals surface area contributed by atoms with Crippen LogP contribution in [0.5, 0.6) is 0 Å². The second-order valence-corrected chi connectivity index (χ2v) is 18.5. The Morgan fingerprint density at radius 2 is 0.825 bits per heavy atom. The van der Waals surface area contributed by atoms with Crippen molar-refractivity contribution in [2.45, 2.75) is 289 Å². The Bertz CT molecular complexity index is 1070. The van der Waals surface area contributed by atoms with Gasteiger partial charge < -0.3 is 20.3 Å². The van der Waals surface area contributed by atoms with Crippen LogP contribution >= 0.6 is 0 Å². The summed E-state index contributed by atoms with van der Waals surface area (Å²) in [5.74, 6) is -0.158. The summed E-state index contributed by atoms with van der Waals surface area (Å²) >= 11 is 0. The van der Waals surface area contributed by atoms with E-state index in [-0.39, 0.29) is 18.5 Å². The summed E-state index contributed by atoms with van der Waals surface area (Å²) in [4.78, 5) is 24.5. The van der Waals surface area contributed by atoms with E-state index in [4.69, 9.17) is 4.74 Å². The number of unbranched alkanes of at least 4 members (excludes halogenated alkanes) is 33. The number of rotatable bonds is 50. The zero-order valence-electron chi connectivity index (χ0n) is 41.8. The summed E-state index contributed by atoms with van der Waals surface area (Å²) in [5.41, 5.74) is 0. The van der Waals surface area contributed by atoms with E-state index < -0.39 is 12.1 Å². The lowest BCUT2D eigenvalue weighted by molar-refractivity contribution is -0.143. The number of carbonyl (C=O) groups is 2. The number of amides is 1. The molecule has 1 amide bonds. The molecular weight excluding hydrogens is 779 g/mol. The Hall–Kier alpha value is -2.18. The largest absolute Gasteiger partial charge is 0.466 e. The summed E-state index contributed by atoms with van der Waals surface area (Å²) in [5, 5.41) is 23.1. The van der Waals surface area contributed by atoms with Gasteiger partial charge in [0.2, 0.25) is 5.91 Å². The number of aliphatic hydroxyl groups excluding tert-OH is 2. The smallest absolute Gasteiger partial charge is 0.305 e. The monoisotopic (exact) mass is 884 g/mol. The van der Waals surface area contributed by atoms with Crippen LogP contribution in [0.1, 0.15) is 277 Å². The lowest BCUT2D eigenvalue weighted by Gasteiger charge is -2.20. The molecule has 2 unspecified atom stereocenters. The molecule has 0 aliphatic carbocycles. The van der Waals surface area contributed by atoms with E-state index in [1.807, 2.05) is 6.08 Å². The van der Waals surface area contributed by atoms with Crippen molar-refractivity contribution in [3.63, 3.8) is 0 Å². The van der Waals surface area contributed by atoms with Crippen LogP contribution in [0.4, 0.5) is 0 Å². The molecule has 0 heterocycles. The molecule has 0 bridgehead atoms. The van der Waals surface area contributed by atoms with E-state index in [0.29, 0.717) is 19.4 Å². The number of hydrogen-bond donors (Lipinski definition) is 3. The third kappa shape index (κ3) is 49.1. The molecule has 0 saturated heterocycles. The molecule has 6 heteroatoms. The quantitative estimate of drug-likeness (QED) is 0.0321. The minimum absolute atomic E-state index is 0.0540. The summed E-state index contributed by atoms with van der Waals surface area (Å²) in [6, 6.07) is -0.656. The van der Waals surface area contributed by atoms with Gasteiger partial charge in [-0.1, -0.05) is 229 Å². The Balaban J connectivity index is 3.57. The summed E-state index contributed by atoms with van der Waals surface area (Å²) in [6.07, 6.45) is 65.6. The number of carbonyl (C=O) groups excluding carboxylic acids is 2. The van der Waals surface area contributed by atoms with Crippen molar-refractivity contribution < 1.29 is 24.5 Å². The van der Waals surface area contributed by atoms with E-state index in [1.54, 1.807) is 6.08 Å². The normalized spacial score (nSPS) is 13.0. The van der Waals surface area contributed by atoms with Crippen molar-refractivity contribution in [3.05, 3.63) is 48.6 Å². The van der Waals surface area contributed by atoms with Crippen molar-refractivity contribution in [2.24, 2.45) is 0 Å². The first-order valence-corrected chi connectivity index (χ1v) is 27.4. The maximum Gasteiger partial charge on any atom is 0.305 e. The predicted molar refractivity (Wildman–Crippen MR) is 273 cm³/mol. The summed E-state index contributed by atoms with van der Waals surface area (Å²) in [6.45, 7) is 4.74. The SMILES string of the molecule is CCC/C=C\C/C=C\CCCCCCCC(=O)OCCCC/C=C\CCCCCCC(=O)NC(CO)C(O)/C=C/CCCCCCCCCCCCCCCCCCCCCCC. The van der Waals surface area contributed by atoms with Crippen LogP contribution in [-0.4, -0.2) is 47.4 Å². The molecular formula is C57H105NO5. The number of hydrogen-bond acceptors (Lipinski definition) is 5. The highest BCUT2D eigenvalue weighted by Gasteiger charge is 2.18. The van der Waals surface area contributed by atoms with Crippen molar-refractivity contribution in [2.75, 3.05) is 13.2 Å². The molecule has 0 aliphatic rings. The third-order valence-corrected chi connectivity index (χ3v) is 12.3. The van der Waals surface area contributed by atoms with Crippen LogP contribution in [0, 0.1) is 0 Å². The molecule has 368 valence electrons. The Kier molecular flexibility index (Phi) is 50.6. The highest BCUT2D eigenvalue weighted by atomic mass is 16.5. The minimum Gasteiger partial charge on any atom is -0.466 e. The molecule has 2 atom stereocenters. The number of esters is 1. The Morgan fingerprint density at radius 3 is 1.29 bits per heavy atom. The van der Waals surface area contributed by atoms with Crippen LogP contribution in [0.2, 0.25) is 0 Å². The van der Waals surface area contributed by atoms with E-state index in [0.717, 1.165) is 89.9 Å². The molecule has 0 aromatic heterocycles. The van der Waals surface area contributed by atoms with Gasteiger partial charge in [0, 0.05) is 12.8 Å². The summed E-state index contributed by atoms with van der Waals surface area (Å²) in [7, 11) is 0. The molecule has 63 heavy (non-hydrogen) atoms. The standard InChI is InChI=1S/C57H105NO5/c1-3-5-7-9-11-13-15-17-18-19-20-21-22-23-24-25-26-28-29-33-37-41-45-49-55(60)54(53-59)58-56(61)50-46-42-38-34-31-32-36-40-44-48-52-63-57(62)51-47-43-39-35-30-27-16-14-12-10-8-6-4-2/h8,10,14,16,32,36,45,49,54-55,59-60H,3-7,9,11-13,15,17-31,33-35,37-44,46-48,50-53H2,1-2H3,(H,58,61)/b10-8-,16-14-,36-32-,49-45+. The second kappa shape index (κ2) is 52.4. The Labute approximate surface area is 391 Å². The average molecular weight is 884 g/mol. The van der Waals surface area contributed by atoms with Crippen molar-refractivity contribution >= 4 is 11.9 Å². The highest BCUT2D eigenvalue weighted by molar-refractivity contribution is 5.76. The van der Waals surface area contributed by atoms with Crippen molar-refractivity contribution in [3.8, 4) is 0 Å². The fourth-order valence-corrected chi connectivity index (χ4v) is 8.08. The van der Waals surface area contributed by atoms with E-state index in [1.165, 1.54) is 161 Å².